The lowest BCUT2D eigenvalue weighted by molar-refractivity contribution is -0.133. The maximum absolute atomic E-state index is 12.5. The van der Waals surface area contributed by atoms with Gasteiger partial charge in [-0.3, -0.25) is 14.4 Å². The third kappa shape index (κ3) is 5.13. The fourth-order valence-corrected chi connectivity index (χ4v) is 3.44. The number of carbonyl (C=O) groups excluding carboxylic acids is 1. The van der Waals surface area contributed by atoms with Gasteiger partial charge in [0.15, 0.2) is 0 Å². The van der Waals surface area contributed by atoms with E-state index in [9.17, 15) is 4.79 Å². The predicted octanol–water partition coefficient (Wildman–Crippen LogP) is 2.18. The Kier molecular flexibility index (Phi) is 6.17. The van der Waals surface area contributed by atoms with Gasteiger partial charge in [0.2, 0.25) is 5.91 Å². The van der Waals surface area contributed by atoms with Gasteiger partial charge in [-0.1, -0.05) is 30.3 Å². The maximum atomic E-state index is 12.5. The molecule has 0 saturated carbocycles. The molecular weight excluding hydrogens is 314 g/mol. The Balaban J connectivity index is 1.45. The highest BCUT2D eigenvalue weighted by Gasteiger charge is 2.25. The van der Waals surface area contributed by atoms with Gasteiger partial charge in [-0.2, -0.15) is 5.10 Å². The number of hydrogen-bond donors (Lipinski definition) is 0. The second kappa shape index (κ2) is 8.76. The lowest BCUT2D eigenvalue weighted by Gasteiger charge is -2.37. The molecule has 1 aliphatic rings. The Labute approximate surface area is 149 Å². The van der Waals surface area contributed by atoms with E-state index < -0.39 is 0 Å². The SMILES string of the molecule is CN(Cc1ccccc1)[C@@H]1CCCN(C(=O)CCCn2cncn2)C1. The summed E-state index contributed by atoms with van der Waals surface area (Å²) >= 11 is 0. The number of benzene rings is 1. The van der Waals surface area contributed by atoms with Crippen molar-refractivity contribution >= 4 is 5.91 Å². The zero-order chi connectivity index (χ0) is 17.5. The first-order valence-corrected chi connectivity index (χ1v) is 9.07. The average molecular weight is 341 g/mol. The van der Waals surface area contributed by atoms with Crippen molar-refractivity contribution < 1.29 is 4.79 Å². The monoisotopic (exact) mass is 341 g/mol. The molecule has 0 bridgehead atoms. The van der Waals surface area contributed by atoms with Crippen molar-refractivity contribution in [1.29, 1.82) is 0 Å². The van der Waals surface area contributed by atoms with Gasteiger partial charge in [0.1, 0.15) is 12.7 Å². The molecule has 1 saturated heterocycles. The Hall–Kier alpha value is -2.21. The molecule has 0 spiro atoms. The molecule has 25 heavy (non-hydrogen) atoms. The van der Waals surface area contributed by atoms with Gasteiger partial charge in [0.25, 0.3) is 0 Å². The Morgan fingerprint density at radius 1 is 1.32 bits per heavy atom. The van der Waals surface area contributed by atoms with Crippen molar-refractivity contribution in [2.75, 3.05) is 20.1 Å². The number of aromatic nitrogens is 3. The van der Waals surface area contributed by atoms with Gasteiger partial charge in [-0.25, -0.2) is 4.98 Å². The van der Waals surface area contributed by atoms with E-state index in [0.717, 1.165) is 45.4 Å². The Bertz CT molecular complexity index is 643. The highest BCUT2D eigenvalue weighted by Crippen LogP contribution is 2.18. The quantitative estimate of drug-likeness (QED) is 0.775. The van der Waals surface area contributed by atoms with E-state index in [-0.39, 0.29) is 5.91 Å². The maximum Gasteiger partial charge on any atom is 0.222 e. The van der Waals surface area contributed by atoms with E-state index in [0.29, 0.717) is 12.5 Å². The van der Waals surface area contributed by atoms with E-state index in [1.807, 2.05) is 11.0 Å². The summed E-state index contributed by atoms with van der Waals surface area (Å²) in [5.41, 5.74) is 1.32. The van der Waals surface area contributed by atoms with Crippen LogP contribution in [0, 0.1) is 0 Å². The fraction of sp³-hybridized carbons (Fsp3) is 0.526. The lowest BCUT2D eigenvalue weighted by Crippen LogP contribution is -2.48. The van der Waals surface area contributed by atoms with Crippen molar-refractivity contribution in [2.45, 2.75) is 44.8 Å². The van der Waals surface area contributed by atoms with E-state index in [1.165, 1.54) is 11.9 Å². The number of rotatable bonds is 7. The topological polar surface area (TPSA) is 54.3 Å². The van der Waals surface area contributed by atoms with Gasteiger partial charge in [-0.15, -0.1) is 0 Å². The largest absolute Gasteiger partial charge is 0.341 e. The minimum atomic E-state index is 0.262. The molecular formula is C19H27N5O. The van der Waals surface area contributed by atoms with Crippen LogP contribution in [0.15, 0.2) is 43.0 Å². The summed E-state index contributed by atoms with van der Waals surface area (Å²) in [4.78, 5) is 20.9. The van der Waals surface area contributed by atoms with Gasteiger partial charge >= 0.3 is 0 Å². The number of aryl methyl sites for hydroxylation is 1. The molecule has 1 amide bonds. The molecule has 6 heteroatoms. The second-order valence-corrected chi connectivity index (χ2v) is 6.80. The van der Waals surface area contributed by atoms with Crippen LogP contribution in [0.2, 0.25) is 0 Å². The Morgan fingerprint density at radius 3 is 2.92 bits per heavy atom. The third-order valence-corrected chi connectivity index (χ3v) is 4.89. The average Bonchev–Trinajstić information content (AvgIpc) is 3.16. The fourth-order valence-electron chi connectivity index (χ4n) is 3.44. The minimum Gasteiger partial charge on any atom is -0.341 e. The van der Waals surface area contributed by atoms with Crippen LogP contribution in [0.5, 0.6) is 0 Å². The molecule has 1 aromatic carbocycles. The summed E-state index contributed by atoms with van der Waals surface area (Å²) in [7, 11) is 2.16. The number of nitrogens with zero attached hydrogens (tertiary/aromatic N) is 5. The summed E-state index contributed by atoms with van der Waals surface area (Å²) in [5, 5.41) is 4.07. The van der Waals surface area contributed by atoms with Gasteiger partial charge in [0.05, 0.1) is 0 Å². The smallest absolute Gasteiger partial charge is 0.222 e. The molecule has 3 rings (SSSR count). The molecule has 1 fully saturated rings. The van der Waals surface area contributed by atoms with Crippen molar-refractivity contribution in [2.24, 2.45) is 0 Å². The van der Waals surface area contributed by atoms with Crippen LogP contribution < -0.4 is 0 Å². The minimum absolute atomic E-state index is 0.262. The molecule has 2 heterocycles. The third-order valence-electron chi connectivity index (χ3n) is 4.89. The van der Waals surface area contributed by atoms with Gasteiger partial charge < -0.3 is 4.90 Å². The molecule has 0 radical (unpaired) electrons. The highest BCUT2D eigenvalue weighted by atomic mass is 16.2. The number of carbonyl (C=O) groups is 1. The molecule has 0 unspecified atom stereocenters. The summed E-state index contributed by atoms with van der Waals surface area (Å²) in [5.74, 6) is 0.262. The molecule has 1 aliphatic heterocycles. The summed E-state index contributed by atoms with van der Waals surface area (Å²) in [6, 6.07) is 11.0. The van der Waals surface area contributed by atoms with Crippen molar-refractivity contribution in [1.82, 2.24) is 24.6 Å². The van der Waals surface area contributed by atoms with Crippen LogP contribution in [-0.2, 0) is 17.9 Å². The lowest BCUT2D eigenvalue weighted by atomic mass is 10.0. The molecule has 1 aromatic heterocycles. The number of piperidine rings is 1. The first-order chi connectivity index (χ1) is 12.2. The normalized spacial score (nSPS) is 17.8. The standard InChI is InChI=1S/C19H27N5O/c1-22(13-17-7-3-2-4-8-17)18-9-5-11-23(14-18)19(25)10-6-12-24-16-20-15-21-24/h2-4,7-8,15-16,18H,5-6,9-14H2,1H3/t18-/m1/s1. The molecule has 2 aromatic rings. The first kappa shape index (κ1) is 17.6. The molecule has 1 atom stereocenters. The zero-order valence-electron chi connectivity index (χ0n) is 14.9. The molecule has 0 N–H and O–H groups in total. The van der Waals surface area contributed by atoms with Gasteiger partial charge in [-0.05, 0) is 31.9 Å². The predicted molar refractivity (Wildman–Crippen MR) is 96.8 cm³/mol. The zero-order valence-corrected chi connectivity index (χ0v) is 14.9. The first-order valence-electron chi connectivity index (χ1n) is 9.07. The number of likely N-dealkylation sites (tertiary alicyclic amines) is 1. The van der Waals surface area contributed by atoms with E-state index in [4.69, 9.17) is 0 Å². The molecule has 134 valence electrons. The van der Waals surface area contributed by atoms with Gasteiger partial charge in [0, 0.05) is 38.6 Å². The van der Waals surface area contributed by atoms with Crippen LogP contribution in [0.4, 0.5) is 0 Å². The van der Waals surface area contributed by atoms with E-state index in [2.05, 4.69) is 46.3 Å². The van der Waals surface area contributed by atoms with Crippen LogP contribution >= 0.6 is 0 Å². The van der Waals surface area contributed by atoms with Crippen LogP contribution in [0.3, 0.4) is 0 Å². The highest BCUT2D eigenvalue weighted by molar-refractivity contribution is 5.76. The van der Waals surface area contributed by atoms with E-state index >= 15 is 0 Å². The van der Waals surface area contributed by atoms with Crippen LogP contribution in [-0.4, -0.2) is 56.7 Å². The molecule has 0 aliphatic carbocycles. The number of hydrogen-bond acceptors (Lipinski definition) is 4. The van der Waals surface area contributed by atoms with Crippen molar-refractivity contribution in [3.05, 3.63) is 48.5 Å². The second-order valence-electron chi connectivity index (χ2n) is 6.80. The van der Waals surface area contributed by atoms with Crippen molar-refractivity contribution in [3.63, 3.8) is 0 Å². The molecule has 6 nitrogen and oxygen atoms in total. The van der Waals surface area contributed by atoms with Crippen LogP contribution in [0.25, 0.3) is 0 Å². The Morgan fingerprint density at radius 2 is 2.16 bits per heavy atom. The summed E-state index contributed by atoms with van der Waals surface area (Å²) in [6.45, 7) is 3.40. The van der Waals surface area contributed by atoms with E-state index in [1.54, 1.807) is 11.0 Å². The van der Waals surface area contributed by atoms with Crippen molar-refractivity contribution in [3.8, 4) is 0 Å². The summed E-state index contributed by atoms with van der Waals surface area (Å²) < 4.78 is 1.78. The summed E-state index contributed by atoms with van der Waals surface area (Å²) in [6.07, 6.45) is 6.85. The number of amides is 1. The number of likely N-dealkylation sites (N-methyl/N-ethyl adjacent to an activating group) is 1. The van der Waals surface area contributed by atoms with Crippen LogP contribution in [0.1, 0.15) is 31.2 Å².